The molecule has 27 heavy (non-hydrogen) atoms. The lowest BCUT2D eigenvalue weighted by Crippen LogP contribution is -2.28. The number of carbonyl (C=O) groups is 2. The quantitative estimate of drug-likeness (QED) is 0.603. The summed E-state index contributed by atoms with van der Waals surface area (Å²) in [5.41, 5.74) is 0. The van der Waals surface area contributed by atoms with Gasteiger partial charge in [0.15, 0.2) is 0 Å². The normalized spacial score (nSPS) is 10.1. The first-order chi connectivity index (χ1) is 13.2. The summed E-state index contributed by atoms with van der Waals surface area (Å²) in [6.07, 6.45) is 4.01. The van der Waals surface area contributed by atoms with Crippen LogP contribution >= 0.6 is 0 Å². The van der Waals surface area contributed by atoms with Crippen molar-refractivity contribution in [3.8, 4) is 11.5 Å². The van der Waals surface area contributed by atoms with E-state index >= 15 is 0 Å². The molecule has 2 N–H and O–H groups in total. The molecule has 0 unspecified atom stereocenters. The van der Waals surface area contributed by atoms with E-state index in [2.05, 4.69) is 10.6 Å². The Bertz CT molecular complexity index is 618. The third kappa shape index (κ3) is 9.30. The number of hydrogen-bond acceptors (Lipinski definition) is 4. The summed E-state index contributed by atoms with van der Waals surface area (Å²) in [5.74, 6) is 1.07. The van der Waals surface area contributed by atoms with Crippen molar-refractivity contribution >= 4 is 12.2 Å². The van der Waals surface area contributed by atoms with Gasteiger partial charge in [-0.25, -0.2) is 9.59 Å². The van der Waals surface area contributed by atoms with Crippen LogP contribution in [0.15, 0.2) is 60.7 Å². The van der Waals surface area contributed by atoms with Crippen LogP contribution in [0.1, 0.15) is 32.1 Å². The molecule has 0 aliphatic heterocycles. The fourth-order valence-corrected chi connectivity index (χ4v) is 2.42. The average Bonchev–Trinajstić information content (AvgIpc) is 2.68. The molecule has 2 aromatic carbocycles. The number of benzene rings is 2. The summed E-state index contributed by atoms with van der Waals surface area (Å²) >= 11 is 0. The van der Waals surface area contributed by atoms with E-state index in [0.717, 1.165) is 32.1 Å². The van der Waals surface area contributed by atoms with Crippen molar-refractivity contribution in [1.82, 2.24) is 10.6 Å². The van der Waals surface area contributed by atoms with Gasteiger partial charge >= 0.3 is 12.2 Å². The Hall–Kier alpha value is -3.02. The SMILES string of the molecule is O=C(NCCCCCCCNC(=O)Oc1ccccc1)Oc1ccccc1. The van der Waals surface area contributed by atoms with Crippen LogP contribution in [0.25, 0.3) is 0 Å². The molecule has 0 aliphatic rings. The second-order valence-electron chi connectivity index (χ2n) is 6.03. The fraction of sp³-hybridized carbons (Fsp3) is 0.333. The van der Waals surface area contributed by atoms with E-state index < -0.39 is 12.2 Å². The van der Waals surface area contributed by atoms with E-state index in [1.54, 1.807) is 24.3 Å². The van der Waals surface area contributed by atoms with Crippen molar-refractivity contribution in [3.63, 3.8) is 0 Å². The van der Waals surface area contributed by atoms with Crippen LogP contribution in [0.2, 0.25) is 0 Å². The number of amides is 2. The zero-order valence-corrected chi connectivity index (χ0v) is 15.4. The second-order valence-corrected chi connectivity index (χ2v) is 6.03. The summed E-state index contributed by atoms with van der Waals surface area (Å²) < 4.78 is 10.3. The largest absolute Gasteiger partial charge is 0.412 e. The van der Waals surface area contributed by atoms with E-state index in [-0.39, 0.29) is 0 Å². The van der Waals surface area contributed by atoms with Crippen LogP contribution in [0.3, 0.4) is 0 Å². The van der Waals surface area contributed by atoms with Gasteiger partial charge in [-0.15, -0.1) is 0 Å². The number of carbonyl (C=O) groups excluding carboxylic acids is 2. The number of hydrogen-bond donors (Lipinski definition) is 2. The molecule has 0 aromatic heterocycles. The third-order valence-electron chi connectivity index (χ3n) is 3.80. The zero-order chi connectivity index (χ0) is 19.2. The van der Waals surface area contributed by atoms with Gasteiger partial charge < -0.3 is 20.1 Å². The molecule has 0 atom stereocenters. The van der Waals surface area contributed by atoms with Crippen LogP contribution in [0, 0.1) is 0 Å². The monoisotopic (exact) mass is 370 g/mol. The molecule has 0 spiro atoms. The molecule has 0 bridgehead atoms. The Morgan fingerprint density at radius 2 is 0.963 bits per heavy atom. The predicted molar refractivity (Wildman–Crippen MR) is 104 cm³/mol. The first-order valence-electron chi connectivity index (χ1n) is 9.25. The topological polar surface area (TPSA) is 76.7 Å². The minimum atomic E-state index is -0.428. The number of ether oxygens (including phenoxy) is 2. The van der Waals surface area contributed by atoms with Gasteiger partial charge in [0.25, 0.3) is 0 Å². The summed E-state index contributed by atoms with van der Waals surface area (Å²) in [7, 11) is 0. The van der Waals surface area contributed by atoms with Gasteiger partial charge in [-0.2, -0.15) is 0 Å². The maximum Gasteiger partial charge on any atom is 0.412 e. The Balaban J connectivity index is 1.40. The fourth-order valence-electron chi connectivity index (χ4n) is 2.42. The first kappa shape index (κ1) is 20.3. The lowest BCUT2D eigenvalue weighted by molar-refractivity contribution is 0.199. The van der Waals surface area contributed by atoms with Gasteiger partial charge in [0.1, 0.15) is 11.5 Å². The van der Waals surface area contributed by atoms with Crippen LogP contribution in [0.5, 0.6) is 11.5 Å². The Morgan fingerprint density at radius 1 is 0.593 bits per heavy atom. The van der Waals surface area contributed by atoms with E-state index in [0.29, 0.717) is 24.6 Å². The van der Waals surface area contributed by atoms with Crippen molar-refractivity contribution < 1.29 is 19.1 Å². The van der Waals surface area contributed by atoms with Crippen molar-refractivity contribution in [3.05, 3.63) is 60.7 Å². The van der Waals surface area contributed by atoms with Gasteiger partial charge in [-0.1, -0.05) is 55.7 Å². The average molecular weight is 370 g/mol. The van der Waals surface area contributed by atoms with Gasteiger partial charge in [-0.05, 0) is 37.1 Å². The molecule has 0 saturated heterocycles. The lowest BCUT2D eigenvalue weighted by Gasteiger charge is -2.07. The summed E-state index contributed by atoms with van der Waals surface area (Å²) in [4.78, 5) is 23.2. The molecule has 2 aromatic rings. The molecule has 0 heterocycles. The summed E-state index contributed by atoms with van der Waals surface area (Å²) in [6, 6.07) is 18.0. The smallest absolute Gasteiger partial charge is 0.410 e. The molecule has 6 nitrogen and oxygen atoms in total. The maximum absolute atomic E-state index is 11.6. The van der Waals surface area contributed by atoms with Gasteiger partial charge in [0.05, 0.1) is 0 Å². The number of unbranched alkanes of at least 4 members (excludes halogenated alkanes) is 4. The Kier molecular flexibility index (Phi) is 9.28. The van der Waals surface area contributed by atoms with Gasteiger partial charge in [0, 0.05) is 13.1 Å². The lowest BCUT2D eigenvalue weighted by atomic mass is 10.1. The van der Waals surface area contributed by atoms with E-state index in [1.807, 2.05) is 36.4 Å². The highest BCUT2D eigenvalue weighted by Gasteiger charge is 2.03. The molecule has 2 rings (SSSR count). The molecule has 0 saturated carbocycles. The number of para-hydroxylation sites is 2. The highest BCUT2D eigenvalue weighted by atomic mass is 16.6. The molecule has 144 valence electrons. The van der Waals surface area contributed by atoms with Crippen molar-refractivity contribution in [2.24, 2.45) is 0 Å². The van der Waals surface area contributed by atoms with E-state index in [4.69, 9.17) is 9.47 Å². The minimum Gasteiger partial charge on any atom is -0.410 e. The molecule has 0 aliphatic carbocycles. The molecule has 0 radical (unpaired) electrons. The van der Waals surface area contributed by atoms with Crippen molar-refractivity contribution in [2.75, 3.05) is 13.1 Å². The Morgan fingerprint density at radius 3 is 1.37 bits per heavy atom. The highest BCUT2D eigenvalue weighted by Crippen LogP contribution is 2.09. The van der Waals surface area contributed by atoms with Crippen molar-refractivity contribution in [1.29, 1.82) is 0 Å². The third-order valence-corrected chi connectivity index (χ3v) is 3.80. The van der Waals surface area contributed by atoms with E-state index in [9.17, 15) is 9.59 Å². The van der Waals surface area contributed by atoms with Gasteiger partial charge in [-0.3, -0.25) is 0 Å². The van der Waals surface area contributed by atoms with Crippen LogP contribution in [0.4, 0.5) is 9.59 Å². The minimum absolute atomic E-state index is 0.428. The van der Waals surface area contributed by atoms with Crippen LogP contribution in [-0.2, 0) is 0 Å². The molecule has 0 fully saturated rings. The summed E-state index contributed by atoms with van der Waals surface area (Å²) in [5, 5.41) is 5.47. The molecule has 6 heteroatoms. The van der Waals surface area contributed by atoms with Crippen LogP contribution < -0.4 is 20.1 Å². The van der Waals surface area contributed by atoms with E-state index in [1.165, 1.54) is 0 Å². The van der Waals surface area contributed by atoms with Crippen molar-refractivity contribution in [2.45, 2.75) is 32.1 Å². The zero-order valence-electron chi connectivity index (χ0n) is 15.4. The number of nitrogens with one attached hydrogen (secondary N) is 2. The van der Waals surface area contributed by atoms with Crippen LogP contribution in [-0.4, -0.2) is 25.3 Å². The van der Waals surface area contributed by atoms with Gasteiger partial charge in [0.2, 0.25) is 0 Å². The number of rotatable bonds is 10. The second kappa shape index (κ2) is 12.4. The Labute approximate surface area is 159 Å². The maximum atomic E-state index is 11.6. The molecular formula is C21H26N2O4. The molecule has 2 amide bonds. The summed E-state index contributed by atoms with van der Waals surface area (Å²) in [6.45, 7) is 1.18. The highest BCUT2D eigenvalue weighted by molar-refractivity contribution is 5.70. The standard InChI is InChI=1S/C21H26N2O4/c24-20(26-18-12-6-4-7-13-18)22-16-10-2-1-3-11-17-23-21(25)27-19-14-8-5-9-15-19/h4-9,12-15H,1-3,10-11,16-17H2,(H,22,24)(H,23,25). The predicted octanol–water partition coefficient (Wildman–Crippen LogP) is 4.51. The molecular weight excluding hydrogens is 344 g/mol. The first-order valence-corrected chi connectivity index (χ1v) is 9.25.